The highest BCUT2D eigenvalue weighted by Gasteiger charge is 2.15. The number of benzene rings is 2. The topological polar surface area (TPSA) is 31.4 Å². The maximum absolute atomic E-state index is 13.4. The molecule has 1 aliphatic heterocycles. The van der Waals surface area contributed by atoms with E-state index in [-0.39, 0.29) is 12.1 Å². The molecule has 128 valence electrons. The zero-order valence-electron chi connectivity index (χ0n) is 14.2. The van der Waals surface area contributed by atoms with Crippen molar-refractivity contribution in [3.05, 3.63) is 59.9 Å². The molecule has 3 nitrogen and oxygen atoms in total. The fourth-order valence-corrected chi connectivity index (χ4v) is 3.19. The molecule has 0 saturated carbocycles. The molecule has 1 fully saturated rings. The summed E-state index contributed by atoms with van der Waals surface area (Å²) in [6, 6.07) is 14.5. The van der Waals surface area contributed by atoms with Gasteiger partial charge in [0.25, 0.3) is 0 Å². The molecule has 1 aliphatic rings. The Kier molecular flexibility index (Phi) is 4.36. The molecule has 0 amide bonds. The molecule has 0 spiro atoms. The lowest BCUT2D eigenvalue weighted by molar-refractivity contribution is -0.105. The Hall–Kier alpha value is -2.46. The van der Waals surface area contributed by atoms with Crippen molar-refractivity contribution >= 4 is 10.9 Å². The fraction of sp³-hybridized carbons (Fsp3) is 0.286. The number of aromatic nitrogens is 1. The largest absolute Gasteiger partial charge is 0.465 e. The van der Waals surface area contributed by atoms with Crippen LogP contribution in [-0.2, 0) is 4.74 Å². The van der Waals surface area contributed by atoms with E-state index in [9.17, 15) is 4.39 Å². The molecule has 1 atom stereocenters. The predicted octanol–water partition coefficient (Wildman–Crippen LogP) is 5.25. The number of hydrogen-bond donors (Lipinski definition) is 0. The third-order valence-corrected chi connectivity index (χ3v) is 4.50. The van der Waals surface area contributed by atoms with Gasteiger partial charge in [-0.3, -0.25) is 0 Å². The third-order valence-electron chi connectivity index (χ3n) is 4.50. The Morgan fingerprint density at radius 1 is 1.08 bits per heavy atom. The van der Waals surface area contributed by atoms with Crippen LogP contribution in [-0.4, -0.2) is 17.9 Å². The van der Waals surface area contributed by atoms with Crippen LogP contribution in [0, 0.1) is 12.7 Å². The highest BCUT2D eigenvalue weighted by atomic mass is 19.1. The number of aryl methyl sites for hydroxylation is 1. The van der Waals surface area contributed by atoms with Crippen molar-refractivity contribution in [3.8, 4) is 17.0 Å². The van der Waals surface area contributed by atoms with Gasteiger partial charge in [0.1, 0.15) is 11.6 Å². The van der Waals surface area contributed by atoms with Gasteiger partial charge in [-0.05, 0) is 73.9 Å². The van der Waals surface area contributed by atoms with Gasteiger partial charge in [0.15, 0.2) is 6.29 Å². The van der Waals surface area contributed by atoms with Gasteiger partial charge in [0, 0.05) is 17.4 Å². The van der Waals surface area contributed by atoms with Crippen molar-refractivity contribution < 1.29 is 13.9 Å². The maximum atomic E-state index is 13.4. The molecule has 2 aromatic carbocycles. The molecule has 0 radical (unpaired) electrons. The van der Waals surface area contributed by atoms with Crippen molar-refractivity contribution in [2.45, 2.75) is 32.5 Å². The minimum atomic E-state index is -0.243. The van der Waals surface area contributed by atoms with E-state index >= 15 is 0 Å². The summed E-state index contributed by atoms with van der Waals surface area (Å²) < 4.78 is 24.9. The molecule has 4 heteroatoms. The zero-order valence-corrected chi connectivity index (χ0v) is 14.2. The second kappa shape index (κ2) is 6.81. The van der Waals surface area contributed by atoms with Gasteiger partial charge in [-0.15, -0.1) is 0 Å². The van der Waals surface area contributed by atoms with Gasteiger partial charge in [0.05, 0.1) is 17.8 Å². The smallest absolute Gasteiger partial charge is 0.199 e. The summed E-state index contributed by atoms with van der Waals surface area (Å²) >= 11 is 0. The first-order chi connectivity index (χ1) is 12.2. The highest BCUT2D eigenvalue weighted by Crippen LogP contribution is 2.28. The van der Waals surface area contributed by atoms with Crippen LogP contribution in [0.4, 0.5) is 4.39 Å². The Bertz CT molecular complexity index is 886. The summed E-state index contributed by atoms with van der Waals surface area (Å²) in [5.41, 5.74) is 3.72. The first-order valence-electron chi connectivity index (χ1n) is 8.65. The second-order valence-electron chi connectivity index (χ2n) is 6.43. The van der Waals surface area contributed by atoms with Gasteiger partial charge in [-0.1, -0.05) is 0 Å². The number of pyridine rings is 1. The molecule has 2 heterocycles. The van der Waals surface area contributed by atoms with Crippen LogP contribution in [0.3, 0.4) is 0 Å². The van der Waals surface area contributed by atoms with E-state index in [1.165, 1.54) is 12.1 Å². The lowest BCUT2D eigenvalue weighted by Gasteiger charge is -2.23. The second-order valence-corrected chi connectivity index (χ2v) is 6.43. The number of rotatable bonds is 3. The first kappa shape index (κ1) is 16.0. The van der Waals surface area contributed by atoms with Crippen molar-refractivity contribution in [2.24, 2.45) is 0 Å². The van der Waals surface area contributed by atoms with E-state index in [1.54, 1.807) is 6.07 Å². The van der Waals surface area contributed by atoms with E-state index in [0.29, 0.717) is 0 Å². The molecular formula is C21H20FNO2. The van der Waals surface area contributed by atoms with Gasteiger partial charge in [0.2, 0.25) is 0 Å². The quantitative estimate of drug-likeness (QED) is 0.654. The molecule has 0 bridgehead atoms. The van der Waals surface area contributed by atoms with Crippen molar-refractivity contribution in [1.82, 2.24) is 4.98 Å². The standard InChI is InChI=1S/C21H20FNO2/c1-14-12-16-13-17(22)7-10-19(16)23-21(14)15-5-8-18(9-6-15)25-20-4-2-3-11-24-20/h5-10,12-13,20H,2-4,11H2,1H3. The highest BCUT2D eigenvalue weighted by molar-refractivity contribution is 5.83. The number of ether oxygens (including phenoxy) is 2. The van der Waals surface area contributed by atoms with E-state index in [2.05, 4.69) is 0 Å². The summed E-state index contributed by atoms with van der Waals surface area (Å²) in [6.45, 7) is 2.76. The van der Waals surface area contributed by atoms with Gasteiger partial charge in [-0.25, -0.2) is 9.37 Å². The molecule has 1 unspecified atom stereocenters. The van der Waals surface area contributed by atoms with Crippen LogP contribution in [0.5, 0.6) is 5.75 Å². The normalized spacial score (nSPS) is 17.6. The lowest BCUT2D eigenvalue weighted by atomic mass is 10.0. The molecule has 1 saturated heterocycles. The monoisotopic (exact) mass is 337 g/mol. The van der Waals surface area contributed by atoms with Crippen LogP contribution in [0.25, 0.3) is 22.2 Å². The summed E-state index contributed by atoms with van der Waals surface area (Å²) in [5, 5.41) is 0.815. The van der Waals surface area contributed by atoms with Crippen molar-refractivity contribution in [1.29, 1.82) is 0 Å². The van der Waals surface area contributed by atoms with Gasteiger partial charge >= 0.3 is 0 Å². The third kappa shape index (κ3) is 3.49. The average Bonchev–Trinajstić information content (AvgIpc) is 2.63. The first-order valence-corrected chi connectivity index (χ1v) is 8.65. The van der Waals surface area contributed by atoms with Crippen LogP contribution in [0.2, 0.25) is 0 Å². The average molecular weight is 337 g/mol. The summed E-state index contributed by atoms with van der Waals surface area (Å²) in [7, 11) is 0. The summed E-state index contributed by atoms with van der Waals surface area (Å²) in [6.07, 6.45) is 3.04. The van der Waals surface area contributed by atoms with E-state index < -0.39 is 0 Å². The number of fused-ring (bicyclic) bond motifs is 1. The van der Waals surface area contributed by atoms with Gasteiger partial charge in [-0.2, -0.15) is 0 Å². The van der Waals surface area contributed by atoms with Crippen molar-refractivity contribution in [3.63, 3.8) is 0 Å². The number of halogens is 1. The molecule has 25 heavy (non-hydrogen) atoms. The minimum absolute atomic E-state index is 0.143. The summed E-state index contributed by atoms with van der Waals surface area (Å²) in [4.78, 5) is 4.70. The Labute approximate surface area is 146 Å². The zero-order chi connectivity index (χ0) is 17.2. The molecule has 0 N–H and O–H groups in total. The molecule has 1 aromatic heterocycles. The molecule has 0 aliphatic carbocycles. The minimum Gasteiger partial charge on any atom is -0.465 e. The Morgan fingerprint density at radius 3 is 2.68 bits per heavy atom. The van der Waals surface area contributed by atoms with Crippen LogP contribution in [0.15, 0.2) is 48.5 Å². The van der Waals surface area contributed by atoms with Crippen molar-refractivity contribution in [2.75, 3.05) is 6.61 Å². The van der Waals surface area contributed by atoms with Crippen LogP contribution in [0.1, 0.15) is 24.8 Å². The van der Waals surface area contributed by atoms with Gasteiger partial charge < -0.3 is 9.47 Å². The predicted molar refractivity (Wildman–Crippen MR) is 96.1 cm³/mol. The van der Waals surface area contributed by atoms with E-state index in [0.717, 1.165) is 59.3 Å². The Morgan fingerprint density at radius 2 is 1.92 bits per heavy atom. The number of nitrogens with zero attached hydrogens (tertiary/aromatic N) is 1. The molecular weight excluding hydrogens is 317 g/mol. The molecule has 3 aromatic rings. The number of hydrogen-bond acceptors (Lipinski definition) is 3. The Balaban J connectivity index is 1.60. The van der Waals surface area contributed by atoms with Crippen LogP contribution >= 0.6 is 0 Å². The fourth-order valence-electron chi connectivity index (χ4n) is 3.19. The van der Waals surface area contributed by atoms with E-state index in [4.69, 9.17) is 14.5 Å². The molecule has 4 rings (SSSR count). The SMILES string of the molecule is Cc1cc2cc(F)ccc2nc1-c1ccc(OC2CCCCO2)cc1. The maximum Gasteiger partial charge on any atom is 0.199 e. The lowest BCUT2D eigenvalue weighted by Crippen LogP contribution is -2.24. The summed E-state index contributed by atoms with van der Waals surface area (Å²) in [5.74, 6) is 0.559. The van der Waals surface area contributed by atoms with E-state index in [1.807, 2.05) is 37.3 Å². The van der Waals surface area contributed by atoms with Crippen LogP contribution < -0.4 is 4.74 Å².